The molecule has 0 spiro atoms. The number of benzene rings is 3. The first-order chi connectivity index (χ1) is 14.8. The van der Waals surface area contributed by atoms with Gasteiger partial charge in [-0.3, -0.25) is 4.79 Å². The number of fused-ring (bicyclic) bond motifs is 3. The van der Waals surface area contributed by atoms with Gasteiger partial charge in [-0.2, -0.15) is 0 Å². The fourth-order valence-electron chi connectivity index (χ4n) is 4.85. The minimum absolute atomic E-state index is 0.0601. The van der Waals surface area contributed by atoms with E-state index in [2.05, 4.69) is 81.8 Å². The number of amides is 1. The van der Waals surface area contributed by atoms with Gasteiger partial charge in [0.25, 0.3) is 0 Å². The summed E-state index contributed by atoms with van der Waals surface area (Å²) in [4.78, 5) is 18.2. The minimum Gasteiger partial charge on any atom is -0.368 e. The highest BCUT2D eigenvalue weighted by molar-refractivity contribution is 5.82. The van der Waals surface area contributed by atoms with Crippen LogP contribution in [-0.2, 0) is 17.8 Å². The third-order valence-corrected chi connectivity index (χ3v) is 6.39. The first-order valence-corrected chi connectivity index (χ1v) is 10.8. The van der Waals surface area contributed by atoms with Crippen LogP contribution in [-0.4, -0.2) is 31.6 Å². The molecule has 4 nitrogen and oxygen atoms in total. The Morgan fingerprint density at radius 3 is 2.37 bits per heavy atom. The van der Waals surface area contributed by atoms with E-state index in [1.54, 1.807) is 0 Å². The van der Waals surface area contributed by atoms with E-state index in [0.717, 1.165) is 31.6 Å². The van der Waals surface area contributed by atoms with E-state index < -0.39 is 0 Å². The van der Waals surface area contributed by atoms with Crippen molar-refractivity contribution in [3.63, 3.8) is 0 Å². The number of rotatable bonds is 4. The van der Waals surface area contributed by atoms with Crippen molar-refractivity contribution < 1.29 is 4.79 Å². The van der Waals surface area contributed by atoms with Crippen LogP contribution in [0, 0.1) is 5.92 Å². The molecule has 0 aliphatic carbocycles. The Kier molecular flexibility index (Phi) is 5.14. The van der Waals surface area contributed by atoms with E-state index in [1.165, 1.54) is 16.9 Å². The highest BCUT2D eigenvalue weighted by atomic mass is 16.1. The Bertz CT molecular complexity index is 1010. The summed E-state index contributed by atoms with van der Waals surface area (Å²) >= 11 is 0. The molecule has 0 radical (unpaired) electrons. The molecule has 3 aromatic carbocycles. The molecule has 2 unspecified atom stereocenters. The minimum atomic E-state index is -0.0601. The van der Waals surface area contributed by atoms with Crippen LogP contribution in [0.25, 0.3) is 0 Å². The molecule has 30 heavy (non-hydrogen) atoms. The van der Waals surface area contributed by atoms with Crippen LogP contribution >= 0.6 is 0 Å². The molecule has 0 bridgehead atoms. The summed E-state index contributed by atoms with van der Waals surface area (Å²) in [7, 11) is 0. The average molecular weight is 398 g/mol. The number of carbonyl (C=O) groups excluding carboxylic acids is 1. The average Bonchev–Trinajstić information content (AvgIpc) is 2.83. The van der Waals surface area contributed by atoms with Crippen LogP contribution in [0.15, 0.2) is 84.9 Å². The zero-order valence-corrected chi connectivity index (χ0v) is 17.1. The van der Waals surface area contributed by atoms with Crippen LogP contribution in [0.3, 0.4) is 0 Å². The number of nitrogens with one attached hydrogen (secondary N) is 1. The van der Waals surface area contributed by atoms with Crippen molar-refractivity contribution in [3.8, 4) is 0 Å². The van der Waals surface area contributed by atoms with Crippen LogP contribution in [0.5, 0.6) is 0 Å². The highest BCUT2D eigenvalue weighted by Gasteiger charge is 2.41. The number of hydrogen-bond acceptors (Lipinski definition) is 3. The molecular weight excluding hydrogens is 370 g/mol. The second-order valence-corrected chi connectivity index (χ2v) is 8.19. The van der Waals surface area contributed by atoms with Gasteiger partial charge in [0.1, 0.15) is 0 Å². The fourth-order valence-corrected chi connectivity index (χ4v) is 4.85. The predicted molar refractivity (Wildman–Crippen MR) is 122 cm³/mol. The normalized spacial score (nSPS) is 20.3. The maximum absolute atomic E-state index is 13.3. The predicted octanol–water partition coefficient (Wildman–Crippen LogP) is 3.87. The standard InChI is InChI=1S/C26H27N3O/c30-26(27-18-20-9-3-1-4-10-20)23-17-21-11-7-8-14-24(21)29-16-15-28(19-25(23)29)22-12-5-2-6-13-22/h1-14,23,25H,15-19H2,(H,27,30). The van der Waals surface area contributed by atoms with E-state index in [9.17, 15) is 4.79 Å². The summed E-state index contributed by atoms with van der Waals surface area (Å²) in [5.74, 6) is 0.0911. The number of piperazine rings is 1. The molecule has 0 aromatic heterocycles. The molecule has 2 atom stereocenters. The molecule has 2 aliphatic heterocycles. The van der Waals surface area contributed by atoms with Crippen LogP contribution in [0.1, 0.15) is 11.1 Å². The molecule has 152 valence electrons. The zero-order valence-electron chi connectivity index (χ0n) is 17.1. The van der Waals surface area contributed by atoms with Crippen molar-refractivity contribution in [1.82, 2.24) is 5.32 Å². The molecule has 1 fully saturated rings. The Morgan fingerprint density at radius 1 is 0.867 bits per heavy atom. The van der Waals surface area contributed by atoms with Crippen molar-refractivity contribution in [2.75, 3.05) is 29.4 Å². The quantitative estimate of drug-likeness (QED) is 0.726. The van der Waals surface area contributed by atoms with Crippen LogP contribution < -0.4 is 15.1 Å². The number of hydrogen-bond donors (Lipinski definition) is 1. The topological polar surface area (TPSA) is 35.6 Å². The van der Waals surface area contributed by atoms with Gasteiger partial charge in [-0.05, 0) is 35.7 Å². The molecular formula is C26H27N3O. The number of carbonyl (C=O) groups is 1. The molecule has 2 heterocycles. The molecule has 2 aliphatic rings. The molecule has 5 rings (SSSR count). The first-order valence-electron chi connectivity index (χ1n) is 10.8. The Balaban J connectivity index is 1.39. The van der Waals surface area contributed by atoms with Gasteiger partial charge in [-0.25, -0.2) is 0 Å². The maximum Gasteiger partial charge on any atom is 0.225 e. The van der Waals surface area contributed by atoms with Gasteiger partial charge in [0.05, 0.1) is 12.0 Å². The monoisotopic (exact) mass is 397 g/mol. The molecule has 1 N–H and O–H groups in total. The summed E-state index contributed by atoms with van der Waals surface area (Å²) in [6, 6.07) is 29.4. The van der Waals surface area contributed by atoms with E-state index in [0.29, 0.717) is 6.54 Å². The lowest BCUT2D eigenvalue weighted by atomic mass is 9.83. The number of nitrogens with zero attached hydrogens (tertiary/aromatic N) is 2. The molecule has 1 saturated heterocycles. The second kappa shape index (κ2) is 8.23. The summed E-state index contributed by atoms with van der Waals surface area (Å²) < 4.78 is 0. The van der Waals surface area contributed by atoms with Gasteiger partial charge >= 0.3 is 0 Å². The van der Waals surface area contributed by atoms with Crippen molar-refractivity contribution in [3.05, 3.63) is 96.1 Å². The first kappa shape index (κ1) is 18.7. The molecule has 4 heteroatoms. The van der Waals surface area contributed by atoms with Crippen molar-refractivity contribution in [1.29, 1.82) is 0 Å². The van der Waals surface area contributed by atoms with Gasteiger partial charge in [0.15, 0.2) is 0 Å². The summed E-state index contributed by atoms with van der Waals surface area (Å²) in [5.41, 5.74) is 4.94. The summed E-state index contributed by atoms with van der Waals surface area (Å²) in [6.45, 7) is 3.33. The van der Waals surface area contributed by atoms with E-state index in [4.69, 9.17) is 0 Å². The number of anilines is 2. The van der Waals surface area contributed by atoms with Crippen molar-refractivity contribution >= 4 is 17.3 Å². The lowest BCUT2D eigenvalue weighted by Crippen LogP contribution is -2.61. The zero-order chi connectivity index (χ0) is 20.3. The molecule has 3 aromatic rings. The van der Waals surface area contributed by atoms with Gasteiger partial charge in [0.2, 0.25) is 5.91 Å². The van der Waals surface area contributed by atoms with E-state index >= 15 is 0 Å². The summed E-state index contributed by atoms with van der Waals surface area (Å²) in [5, 5.41) is 3.20. The highest BCUT2D eigenvalue weighted by Crippen LogP contribution is 2.36. The second-order valence-electron chi connectivity index (χ2n) is 8.19. The smallest absolute Gasteiger partial charge is 0.225 e. The Hall–Kier alpha value is -3.27. The fraction of sp³-hybridized carbons (Fsp3) is 0.269. The molecule has 1 amide bonds. The van der Waals surface area contributed by atoms with Gasteiger partial charge in [0, 0.05) is 37.6 Å². The largest absolute Gasteiger partial charge is 0.368 e. The summed E-state index contributed by atoms with van der Waals surface area (Å²) in [6.07, 6.45) is 0.792. The lowest BCUT2D eigenvalue weighted by Gasteiger charge is -2.49. The van der Waals surface area contributed by atoms with Gasteiger partial charge in [-0.15, -0.1) is 0 Å². The SMILES string of the molecule is O=C(NCc1ccccc1)C1Cc2ccccc2N2CCN(c3ccccc3)CC12. The third kappa shape index (κ3) is 3.65. The Labute approximate surface area is 178 Å². The lowest BCUT2D eigenvalue weighted by molar-refractivity contribution is -0.126. The van der Waals surface area contributed by atoms with Crippen LogP contribution in [0.4, 0.5) is 11.4 Å². The van der Waals surface area contributed by atoms with E-state index in [1.807, 2.05) is 18.2 Å². The van der Waals surface area contributed by atoms with E-state index in [-0.39, 0.29) is 17.9 Å². The van der Waals surface area contributed by atoms with Gasteiger partial charge in [-0.1, -0.05) is 66.7 Å². The van der Waals surface area contributed by atoms with Crippen molar-refractivity contribution in [2.24, 2.45) is 5.92 Å². The van der Waals surface area contributed by atoms with Crippen molar-refractivity contribution in [2.45, 2.75) is 19.0 Å². The number of para-hydroxylation sites is 2. The van der Waals surface area contributed by atoms with Gasteiger partial charge < -0.3 is 15.1 Å². The Morgan fingerprint density at radius 2 is 1.57 bits per heavy atom. The molecule has 0 saturated carbocycles. The van der Waals surface area contributed by atoms with Crippen LogP contribution in [0.2, 0.25) is 0 Å². The maximum atomic E-state index is 13.3. The third-order valence-electron chi connectivity index (χ3n) is 6.39.